The molecule has 0 aromatic heterocycles. The van der Waals surface area contributed by atoms with Gasteiger partial charge in [-0.3, -0.25) is 0 Å². The number of rotatable bonds is 6. The maximum atomic E-state index is 2.37. The van der Waals surface area contributed by atoms with Crippen molar-refractivity contribution in [3.8, 4) is 0 Å². The summed E-state index contributed by atoms with van der Waals surface area (Å²) in [6.45, 7) is 28.4. The van der Waals surface area contributed by atoms with Gasteiger partial charge in [0.1, 0.15) is 0 Å². The summed E-state index contributed by atoms with van der Waals surface area (Å²) in [6, 6.07) is 0. The minimum absolute atomic E-state index is 0. The fourth-order valence-corrected chi connectivity index (χ4v) is 12.0. The molecule has 4 heteroatoms. The van der Waals surface area contributed by atoms with E-state index < -0.39 is 0 Å². The molecule has 0 aromatic carbocycles. The molecule has 142 valence electrons. The van der Waals surface area contributed by atoms with Crippen LogP contribution >= 0.6 is 15.8 Å². The molecule has 0 N–H and O–H groups in total. The Hall–Kier alpha value is 1.84. The van der Waals surface area contributed by atoms with E-state index in [1.807, 2.05) is 0 Å². The molecule has 0 spiro atoms. The van der Waals surface area contributed by atoms with Crippen LogP contribution in [0.1, 0.15) is 83.1 Å². The van der Waals surface area contributed by atoms with Crippen LogP contribution in [-0.4, -0.2) is 34.0 Å². The average molecular weight is 553 g/mol. The summed E-state index contributed by atoms with van der Waals surface area (Å²) in [5, 5.41) is 0. The van der Waals surface area contributed by atoms with Crippen molar-refractivity contribution >= 4 is 15.8 Å². The first-order valence-electron chi connectivity index (χ1n) is 8.66. The predicted octanol–water partition coefficient (Wildman–Crippen LogP) is 3.85. The Morgan fingerprint density at radius 1 is 0.364 bits per heavy atom. The molecular formula is C18H44ClP2Pt+. The Kier molecular flexibility index (Phi) is 23.4. The molecule has 0 amide bonds. The molecule has 0 aliphatic heterocycles. The van der Waals surface area contributed by atoms with Crippen LogP contribution in [0.4, 0.5) is 0 Å². The van der Waals surface area contributed by atoms with E-state index in [0.717, 1.165) is 34.0 Å². The summed E-state index contributed by atoms with van der Waals surface area (Å²) < 4.78 is 0. The van der Waals surface area contributed by atoms with Crippen molar-refractivity contribution in [3.63, 3.8) is 0 Å². The molecule has 0 atom stereocenters. The van der Waals surface area contributed by atoms with Gasteiger partial charge < -0.3 is 12.4 Å². The van der Waals surface area contributed by atoms with Gasteiger partial charge in [-0.05, 0) is 83.1 Å². The van der Waals surface area contributed by atoms with Crippen molar-refractivity contribution in [2.45, 2.75) is 117 Å². The smallest absolute Gasteiger partial charge is 0.0624 e. The maximum absolute atomic E-state index is 2.37. The van der Waals surface area contributed by atoms with Crippen LogP contribution in [0.2, 0.25) is 0 Å². The fourth-order valence-electron chi connectivity index (χ4n) is 4.00. The van der Waals surface area contributed by atoms with E-state index in [-0.39, 0.29) is 49.3 Å². The number of hydrogen-bond donors (Lipinski definition) is 0. The maximum Gasteiger partial charge on any atom is 0.0624 e. The summed E-state index contributed by atoms with van der Waals surface area (Å²) >= 11 is 0. The first kappa shape index (κ1) is 31.6. The van der Waals surface area contributed by atoms with E-state index in [1.165, 1.54) is 0 Å². The van der Waals surface area contributed by atoms with Crippen LogP contribution in [-0.2, 0) is 21.1 Å². The van der Waals surface area contributed by atoms with Gasteiger partial charge in [-0.25, -0.2) is 0 Å². The number of hydrogen-bond acceptors (Lipinski definition) is 0. The molecule has 0 radical (unpaired) electrons. The largest absolute Gasteiger partial charge is 1.00 e. The Morgan fingerprint density at radius 2 is 0.455 bits per heavy atom. The van der Waals surface area contributed by atoms with Gasteiger partial charge in [0.25, 0.3) is 0 Å². The zero-order valence-electron chi connectivity index (χ0n) is 17.2. The summed E-state index contributed by atoms with van der Waals surface area (Å²) in [7, 11) is -0.191. The summed E-state index contributed by atoms with van der Waals surface area (Å²) in [6.07, 6.45) is 0. The quantitative estimate of drug-likeness (QED) is 0.439. The summed E-state index contributed by atoms with van der Waals surface area (Å²) in [5.41, 5.74) is 5.61. The number of halogens is 1. The Balaban J connectivity index is -0.000000135. The molecule has 0 heterocycles. The van der Waals surface area contributed by atoms with Crippen LogP contribution in [0.15, 0.2) is 0 Å². The monoisotopic (exact) mass is 552 g/mol. The van der Waals surface area contributed by atoms with Gasteiger partial charge >= 0.3 is 0 Å². The average Bonchev–Trinajstić information content (AvgIpc) is 2.12. The first-order chi connectivity index (χ1) is 8.93. The second-order valence-electron chi connectivity index (χ2n) is 7.93. The predicted molar refractivity (Wildman–Crippen MR) is 107 cm³/mol. The third kappa shape index (κ3) is 14.2. The summed E-state index contributed by atoms with van der Waals surface area (Å²) in [4.78, 5) is 0. The molecule has 22 heavy (non-hydrogen) atoms. The molecule has 0 nitrogen and oxygen atoms in total. The Labute approximate surface area is 165 Å². The SMILES string of the molecule is CC(C)[PH+](C(C)C)C(C)C.CC(C)[PH+](C(C)C)C(C)C.[Cl-].[Pt]. The molecule has 0 saturated carbocycles. The topological polar surface area (TPSA) is 0 Å². The molecular weight excluding hydrogens is 509 g/mol. The molecule has 0 aliphatic rings. The van der Waals surface area contributed by atoms with Crippen LogP contribution < -0.4 is 12.4 Å². The molecule has 0 rings (SSSR count). The first-order valence-corrected chi connectivity index (χ1v) is 12.1. The minimum Gasteiger partial charge on any atom is -1.00 e. The van der Waals surface area contributed by atoms with E-state index in [9.17, 15) is 0 Å². The third-order valence-corrected chi connectivity index (χ3v) is 12.0. The zero-order chi connectivity index (χ0) is 16.6. The molecule has 0 fully saturated rings. The summed E-state index contributed by atoms with van der Waals surface area (Å²) in [5.74, 6) is 0. The zero-order valence-corrected chi connectivity index (χ0v) is 22.2. The van der Waals surface area contributed by atoms with Gasteiger partial charge in [0, 0.05) is 36.9 Å². The molecule has 0 bridgehead atoms. The van der Waals surface area contributed by atoms with Crippen molar-refractivity contribution in [1.82, 2.24) is 0 Å². The minimum atomic E-state index is -0.0957. The van der Waals surface area contributed by atoms with Crippen molar-refractivity contribution in [2.24, 2.45) is 0 Å². The van der Waals surface area contributed by atoms with Gasteiger partial charge in [-0.2, -0.15) is 0 Å². The van der Waals surface area contributed by atoms with Crippen molar-refractivity contribution in [1.29, 1.82) is 0 Å². The van der Waals surface area contributed by atoms with Crippen molar-refractivity contribution in [3.05, 3.63) is 0 Å². The normalized spacial score (nSPS) is 11.5. The third-order valence-electron chi connectivity index (χ3n) is 4.00. The molecule has 0 aliphatic carbocycles. The molecule has 0 saturated heterocycles. The van der Waals surface area contributed by atoms with E-state index in [0.29, 0.717) is 0 Å². The standard InChI is InChI=1S/2C9H21P.ClH.Pt/c2*1-7(2)10(8(3)4)9(5)6;;/h2*7-9H,1-6H3;1H;/p+1. The van der Waals surface area contributed by atoms with E-state index >= 15 is 0 Å². The van der Waals surface area contributed by atoms with Crippen LogP contribution in [0.5, 0.6) is 0 Å². The second-order valence-corrected chi connectivity index (χ2v) is 16.9. The van der Waals surface area contributed by atoms with Gasteiger partial charge in [-0.15, -0.1) is 0 Å². The molecule has 0 aromatic rings. The van der Waals surface area contributed by atoms with Crippen LogP contribution in [0, 0.1) is 0 Å². The van der Waals surface area contributed by atoms with E-state index in [2.05, 4.69) is 83.1 Å². The van der Waals surface area contributed by atoms with E-state index in [1.54, 1.807) is 0 Å². The van der Waals surface area contributed by atoms with Crippen LogP contribution in [0.25, 0.3) is 0 Å². The van der Waals surface area contributed by atoms with Crippen LogP contribution in [0.3, 0.4) is 0 Å². The van der Waals surface area contributed by atoms with Gasteiger partial charge in [0.15, 0.2) is 0 Å². The molecule has 0 unspecified atom stereocenters. The van der Waals surface area contributed by atoms with Crippen molar-refractivity contribution in [2.75, 3.05) is 0 Å². The van der Waals surface area contributed by atoms with Gasteiger partial charge in [-0.1, -0.05) is 0 Å². The van der Waals surface area contributed by atoms with Crippen molar-refractivity contribution < 1.29 is 33.5 Å². The Morgan fingerprint density at radius 3 is 0.455 bits per heavy atom. The van der Waals surface area contributed by atoms with Gasteiger partial charge in [0.05, 0.1) is 34.0 Å². The van der Waals surface area contributed by atoms with Gasteiger partial charge in [0.2, 0.25) is 0 Å². The van der Waals surface area contributed by atoms with E-state index in [4.69, 9.17) is 0 Å². The Bertz CT molecular complexity index is 167. The second kappa shape index (κ2) is 16.3. The fraction of sp³-hybridized carbons (Fsp3) is 1.00.